The summed E-state index contributed by atoms with van der Waals surface area (Å²) in [4.78, 5) is 100.0. The van der Waals surface area contributed by atoms with Crippen LogP contribution in [0, 0.1) is 5.41 Å². The van der Waals surface area contributed by atoms with Crippen LogP contribution in [0.4, 0.5) is 5.82 Å². The van der Waals surface area contributed by atoms with Gasteiger partial charge in [0.15, 0.2) is 11.6 Å². The summed E-state index contributed by atoms with van der Waals surface area (Å²) in [5.74, 6) is -2.12. The first-order valence-corrected chi connectivity index (χ1v) is 25.8. The minimum absolute atomic E-state index is 0.151. The number of Topliss-reactive ketones (excluding diaryl/α,β-unsaturated/α-hetero) is 2. The lowest BCUT2D eigenvalue weighted by Crippen LogP contribution is -2.47. The molecule has 358 valence electrons. The molecular weight excluding hydrogens is 877 g/mol. The molecule has 0 radical (unpaired) electrons. The van der Waals surface area contributed by atoms with Crippen molar-refractivity contribution in [2.75, 3.05) is 29.2 Å². The predicted molar refractivity (Wildman–Crippen MR) is 262 cm³/mol. The van der Waals surface area contributed by atoms with Crippen molar-refractivity contribution in [2.24, 2.45) is 10.4 Å². The number of aliphatic carboxylic acids is 2. The Hall–Kier alpha value is -3.83. The van der Waals surface area contributed by atoms with Crippen LogP contribution in [0.1, 0.15) is 168 Å². The molecule has 14 nitrogen and oxygen atoms in total. The first kappa shape index (κ1) is 56.3. The minimum Gasteiger partial charge on any atom is -0.481 e. The van der Waals surface area contributed by atoms with E-state index in [2.05, 4.69) is 15.6 Å². The number of carboxylic acid groups (broad SMARTS) is 2. The van der Waals surface area contributed by atoms with Gasteiger partial charge < -0.3 is 30.6 Å². The molecule has 5 N–H and O–H groups in total. The third-order valence-corrected chi connectivity index (χ3v) is 16.7. The number of aromatic nitrogens is 1. The van der Waals surface area contributed by atoms with E-state index in [0.717, 1.165) is 11.8 Å². The number of H-pyrrole nitrogens is 1. The maximum atomic E-state index is 14.3. The number of carbonyl (C=O) groups is 7. The molecular formula is C47H72N4O10S3. The second kappa shape index (κ2) is 26.3. The number of aromatic amines is 1. The Balaban J connectivity index is 2.63. The zero-order valence-electron chi connectivity index (χ0n) is 39.8. The third kappa shape index (κ3) is 14.3. The van der Waals surface area contributed by atoms with Crippen LogP contribution in [-0.4, -0.2) is 101 Å². The number of ether oxygens (including phenoxy) is 1. The number of nitrogens with zero attached hydrogens (tertiary/aromatic N) is 1. The molecule has 0 saturated carbocycles. The first-order chi connectivity index (χ1) is 30.2. The van der Waals surface area contributed by atoms with Crippen molar-refractivity contribution in [1.82, 2.24) is 10.3 Å². The molecule has 0 aliphatic carbocycles. The van der Waals surface area contributed by atoms with Gasteiger partial charge in [-0.25, -0.2) is 4.99 Å². The number of nitrogens with one attached hydrogen (secondary N) is 3. The summed E-state index contributed by atoms with van der Waals surface area (Å²) in [6, 6.07) is 0. The SMILES string of the molecule is CCCC(=O)C1=C(CC)C(=Cc2[nH]c(NC(=O)C(CC)(CC)SCCSC(CC(=O)O)C(=O)O)c(C(=O)CCC)c2CC)N=C1NC(=O)C(CC)(CC)SCCOC(=O)C(C)(C)CC. The summed E-state index contributed by atoms with van der Waals surface area (Å²) in [6.07, 6.45) is 6.20. The van der Waals surface area contributed by atoms with Gasteiger partial charge >= 0.3 is 17.9 Å². The van der Waals surface area contributed by atoms with Gasteiger partial charge in [-0.3, -0.25) is 33.6 Å². The maximum Gasteiger partial charge on any atom is 0.317 e. The smallest absolute Gasteiger partial charge is 0.317 e. The Kier molecular flexibility index (Phi) is 23.2. The van der Waals surface area contributed by atoms with Crippen LogP contribution in [0.2, 0.25) is 0 Å². The van der Waals surface area contributed by atoms with E-state index in [-0.39, 0.29) is 60.5 Å². The van der Waals surface area contributed by atoms with E-state index in [0.29, 0.717) is 109 Å². The highest BCUT2D eigenvalue weighted by molar-refractivity contribution is 8.04. The molecule has 1 aromatic rings. The molecule has 1 aromatic heterocycles. The van der Waals surface area contributed by atoms with E-state index in [1.165, 1.54) is 23.5 Å². The zero-order chi connectivity index (χ0) is 48.4. The van der Waals surface area contributed by atoms with Gasteiger partial charge in [-0.2, -0.15) is 0 Å². The van der Waals surface area contributed by atoms with Gasteiger partial charge in [0.2, 0.25) is 11.8 Å². The Morgan fingerprint density at radius 2 is 1.31 bits per heavy atom. The molecule has 2 amide bonds. The average Bonchev–Trinajstić information content (AvgIpc) is 3.79. The van der Waals surface area contributed by atoms with E-state index in [9.17, 15) is 38.7 Å². The van der Waals surface area contributed by atoms with Crippen LogP contribution in [0.3, 0.4) is 0 Å². The van der Waals surface area contributed by atoms with Gasteiger partial charge in [-0.1, -0.05) is 62.3 Å². The highest BCUT2D eigenvalue weighted by Gasteiger charge is 2.40. The van der Waals surface area contributed by atoms with E-state index in [1.807, 2.05) is 76.2 Å². The number of esters is 1. The molecule has 0 aromatic carbocycles. The van der Waals surface area contributed by atoms with Crippen LogP contribution in [0.15, 0.2) is 21.8 Å². The van der Waals surface area contributed by atoms with Crippen molar-refractivity contribution >= 4 is 94.3 Å². The number of hydrogen-bond acceptors (Lipinski definition) is 12. The fourth-order valence-electron chi connectivity index (χ4n) is 7.32. The normalized spacial score (nSPS) is 14.4. The molecule has 17 heteroatoms. The van der Waals surface area contributed by atoms with Crippen molar-refractivity contribution in [3.63, 3.8) is 0 Å². The molecule has 2 heterocycles. The topological polar surface area (TPSA) is 221 Å². The second-order valence-corrected chi connectivity index (χ2v) is 20.6. The number of hydrogen-bond donors (Lipinski definition) is 5. The lowest BCUT2D eigenvalue weighted by atomic mass is 9.91. The van der Waals surface area contributed by atoms with Crippen molar-refractivity contribution in [3.05, 3.63) is 33.7 Å². The number of aliphatic imine (C=N–C) groups is 1. The van der Waals surface area contributed by atoms with Gasteiger partial charge in [0.05, 0.1) is 38.2 Å². The molecule has 0 saturated heterocycles. The molecule has 1 unspecified atom stereocenters. The lowest BCUT2D eigenvalue weighted by molar-refractivity contribution is -0.153. The minimum atomic E-state index is -1.20. The number of amides is 2. The summed E-state index contributed by atoms with van der Waals surface area (Å²) in [7, 11) is 0. The second-order valence-electron chi connectivity index (χ2n) is 16.3. The quantitative estimate of drug-likeness (QED) is 0.0276. The van der Waals surface area contributed by atoms with Crippen LogP contribution >= 0.6 is 35.3 Å². The Morgan fingerprint density at radius 3 is 1.81 bits per heavy atom. The highest BCUT2D eigenvalue weighted by Crippen LogP contribution is 2.39. The largest absolute Gasteiger partial charge is 0.481 e. The predicted octanol–water partition coefficient (Wildman–Crippen LogP) is 9.67. The van der Waals surface area contributed by atoms with Crippen molar-refractivity contribution in [1.29, 1.82) is 0 Å². The molecule has 0 bridgehead atoms. The van der Waals surface area contributed by atoms with Crippen molar-refractivity contribution in [2.45, 2.75) is 168 Å². The van der Waals surface area contributed by atoms with E-state index < -0.39 is 38.5 Å². The molecule has 64 heavy (non-hydrogen) atoms. The average molecular weight is 949 g/mol. The van der Waals surface area contributed by atoms with E-state index >= 15 is 0 Å². The number of thioether (sulfide) groups is 3. The molecule has 1 atom stereocenters. The van der Waals surface area contributed by atoms with E-state index in [4.69, 9.17) is 14.8 Å². The van der Waals surface area contributed by atoms with Crippen molar-refractivity contribution < 1.29 is 48.5 Å². The lowest BCUT2D eigenvalue weighted by Gasteiger charge is -2.30. The number of allylic oxidation sites excluding steroid dienone is 1. The molecule has 0 fully saturated rings. The van der Waals surface area contributed by atoms with Crippen LogP contribution in [0.5, 0.6) is 0 Å². The number of rotatable bonds is 30. The van der Waals surface area contributed by atoms with Crippen LogP contribution in [0.25, 0.3) is 6.08 Å². The summed E-state index contributed by atoms with van der Waals surface area (Å²) in [5.41, 5.74) is 2.39. The fourth-order valence-corrected chi connectivity index (χ4v) is 10.9. The van der Waals surface area contributed by atoms with Gasteiger partial charge in [-0.05, 0) is 88.8 Å². The van der Waals surface area contributed by atoms with Gasteiger partial charge in [0, 0.05) is 35.8 Å². The fraction of sp³-hybridized carbons (Fsp3) is 0.660. The molecule has 1 aliphatic rings. The van der Waals surface area contributed by atoms with Crippen LogP contribution < -0.4 is 10.6 Å². The standard InChI is InChI=1S/C47H72N4O10S3/c1-12-21-33(52)37-29(14-3)31(48-39(37)50-42(58)46(17-6,18-7)63-24-23-61-44(60)45(10,11)16-5)27-32-30(15-4)38(34(53)22-13-2)40(49-32)51-43(59)47(19-8,20-9)64-26-25-62-35(41(56)57)28-36(54)55/h27,35,49H,12-26,28H2,1-11H3,(H,51,59)(H,54,55)(H,56,57)(H,48,50,58). The third-order valence-electron chi connectivity index (χ3n) is 11.8. The molecule has 1 aliphatic heterocycles. The Labute approximate surface area is 392 Å². The summed E-state index contributed by atoms with van der Waals surface area (Å²) >= 11 is 3.80. The summed E-state index contributed by atoms with van der Waals surface area (Å²) in [5, 5.41) is 23.6. The number of anilines is 1. The Morgan fingerprint density at radius 1 is 0.750 bits per heavy atom. The first-order valence-electron chi connectivity index (χ1n) is 22.7. The van der Waals surface area contributed by atoms with Gasteiger partial charge in [-0.15, -0.1) is 35.3 Å². The molecule has 2 rings (SSSR count). The summed E-state index contributed by atoms with van der Waals surface area (Å²) in [6.45, 7) is 21.0. The maximum absolute atomic E-state index is 14.3. The van der Waals surface area contributed by atoms with E-state index in [1.54, 1.807) is 6.08 Å². The Bertz CT molecular complexity index is 1940. The van der Waals surface area contributed by atoms with Crippen molar-refractivity contribution in [3.8, 4) is 0 Å². The van der Waals surface area contributed by atoms with Crippen LogP contribution in [-0.2, 0) is 39.9 Å². The highest BCUT2D eigenvalue weighted by atomic mass is 32.2. The van der Waals surface area contributed by atoms with Gasteiger partial charge in [0.1, 0.15) is 23.5 Å². The number of carboxylic acids is 2. The van der Waals surface area contributed by atoms with Gasteiger partial charge in [0.25, 0.3) is 0 Å². The number of ketones is 2. The summed E-state index contributed by atoms with van der Waals surface area (Å²) < 4.78 is 3.73. The monoisotopic (exact) mass is 948 g/mol. The zero-order valence-corrected chi connectivity index (χ0v) is 42.3. The molecule has 0 spiro atoms. The number of carbonyl (C=O) groups excluding carboxylic acids is 5. The number of amidine groups is 1.